The van der Waals surface area contributed by atoms with Gasteiger partial charge in [0.1, 0.15) is 6.29 Å². The molecule has 2 atom stereocenters. The predicted octanol–water partition coefficient (Wildman–Crippen LogP) is 4.06. The van der Waals surface area contributed by atoms with Crippen LogP contribution in [0, 0.1) is 11.8 Å². The molecule has 0 fully saturated rings. The van der Waals surface area contributed by atoms with Gasteiger partial charge in [-0.05, 0) is 24.3 Å². The largest absolute Gasteiger partial charge is 0.395 e. The summed E-state index contributed by atoms with van der Waals surface area (Å²) in [6.45, 7) is 3.77. The molecule has 2 unspecified atom stereocenters. The van der Waals surface area contributed by atoms with Gasteiger partial charge < -0.3 is 0 Å². The highest BCUT2D eigenvalue weighted by Crippen LogP contribution is 2.42. The minimum Gasteiger partial charge on any atom is -0.298 e. The zero-order valence-electron chi connectivity index (χ0n) is 10.1. The van der Waals surface area contributed by atoms with Gasteiger partial charge in [0.2, 0.25) is 0 Å². The van der Waals surface area contributed by atoms with E-state index in [1.807, 2.05) is 13.8 Å². The van der Waals surface area contributed by atoms with Crippen molar-refractivity contribution in [1.29, 1.82) is 0 Å². The Morgan fingerprint density at radius 1 is 1.47 bits per heavy atom. The Balaban J connectivity index is 2.99. The van der Waals surface area contributed by atoms with Crippen molar-refractivity contribution in [3.05, 3.63) is 23.3 Å². The number of allylic oxidation sites excluding steroid dienone is 4. The van der Waals surface area contributed by atoms with Gasteiger partial charge in [-0.25, -0.2) is 0 Å². The summed E-state index contributed by atoms with van der Waals surface area (Å²) >= 11 is 0. The first kappa shape index (κ1) is 14.0. The Labute approximate surface area is 99.4 Å². The molecule has 0 spiro atoms. The summed E-state index contributed by atoms with van der Waals surface area (Å²) in [5.41, 5.74) is 0.629. The highest BCUT2D eigenvalue weighted by Gasteiger charge is 2.43. The van der Waals surface area contributed by atoms with Crippen LogP contribution in [0.4, 0.5) is 13.2 Å². The summed E-state index contributed by atoms with van der Waals surface area (Å²) in [7, 11) is 0. The third-order valence-corrected chi connectivity index (χ3v) is 3.17. The van der Waals surface area contributed by atoms with Crippen LogP contribution in [0.5, 0.6) is 0 Å². The maximum Gasteiger partial charge on any atom is 0.395 e. The van der Waals surface area contributed by atoms with Crippen LogP contribution in [0.1, 0.15) is 33.1 Å². The zero-order valence-corrected chi connectivity index (χ0v) is 10.1. The molecule has 1 aliphatic rings. The summed E-state index contributed by atoms with van der Waals surface area (Å²) < 4.78 is 38.8. The molecule has 1 aliphatic carbocycles. The molecule has 17 heavy (non-hydrogen) atoms. The molecule has 0 N–H and O–H groups in total. The fourth-order valence-corrected chi connectivity index (χ4v) is 2.24. The van der Waals surface area contributed by atoms with Crippen molar-refractivity contribution in [2.24, 2.45) is 11.8 Å². The van der Waals surface area contributed by atoms with Gasteiger partial charge in [0, 0.05) is 0 Å². The summed E-state index contributed by atoms with van der Waals surface area (Å²) in [6, 6.07) is 0. The standard InChI is InChI=1S/C13H17F3O/c1-3-4-9(2)11-6-5-10(8-17)7-12(11)13(14,15)16/h5-6,8-9,12H,3-4,7H2,1-2H3. The zero-order chi connectivity index (χ0) is 13.1. The monoisotopic (exact) mass is 246 g/mol. The molecule has 0 bridgehead atoms. The van der Waals surface area contributed by atoms with Gasteiger partial charge >= 0.3 is 6.18 Å². The molecule has 96 valence electrons. The van der Waals surface area contributed by atoms with E-state index in [1.54, 1.807) is 0 Å². The van der Waals surface area contributed by atoms with Crippen LogP contribution < -0.4 is 0 Å². The second kappa shape index (κ2) is 5.52. The van der Waals surface area contributed by atoms with Crippen LogP contribution >= 0.6 is 0 Å². The average molecular weight is 246 g/mol. The van der Waals surface area contributed by atoms with E-state index in [0.29, 0.717) is 11.9 Å². The fraction of sp³-hybridized carbons (Fsp3) is 0.615. The number of carbonyl (C=O) groups is 1. The maximum atomic E-state index is 12.9. The minimum atomic E-state index is -4.27. The molecule has 1 rings (SSSR count). The van der Waals surface area contributed by atoms with Crippen molar-refractivity contribution in [2.75, 3.05) is 0 Å². The van der Waals surface area contributed by atoms with Gasteiger partial charge in [-0.2, -0.15) is 13.2 Å². The van der Waals surface area contributed by atoms with E-state index >= 15 is 0 Å². The molecule has 1 nitrogen and oxygen atoms in total. The molecule has 0 aliphatic heterocycles. The second-order valence-electron chi connectivity index (χ2n) is 4.51. The maximum absolute atomic E-state index is 12.9. The molecule has 0 heterocycles. The van der Waals surface area contributed by atoms with Gasteiger partial charge in [-0.3, -0.25) is 4.79 Å². The van der Waals surface area contributed by atoms with Crippen LogP contribution in [0.2, 0.25) is 0 Å². The molecular weight excluding hydrogens is 229 g/mol. The summed E-state index contributed by atoms with van der Waals surface area (Å²) in [4.78, 5) is 10.6. The number of hydrogen-bond donors (Lipinski definition) is 0. The normalized spacial score (nSPS) is 22.8. The lowest BCUT2D eigenvalue weighted by molar-refractivity contribution is -0.165. The number of halogens is 3. The Morgan fingerprint density at radius 3 is 2.59 bits per heavy atom. The third-order valence-electron chi connectivity index (χ3n) is 3.17. The van der Waals surface area contributed by atoms with Gasteiger partial charge in [-0.1, -0.05) is 38.0 Å². The molecule has 0 saturated heterocycles. The van der Waals surface area contributed by atoms with Crippen LogP contribution in [0.15, 0.2) is 23.3 Å². The first-order valence-electron chi connectivity index (χ1n) is 5.82. The number of carbonyl (C=O) groups excluding carboxylic acids is 1. The van der Waals surface area contributed by atoms with E-state index in [4.69, 9.17) is 0 Å². The van der Waals surface area contributed by atoms with Crippen LogP contribution in [0.25, 0.3) is 0 Å². The molecule has 0 aromatic rings. The SMILES string of the molecule is CCCC(C)C1=CC=C(C=O)CC1C(F)(F)F. The van der Waals surface area contributed by atoms with Crippen molar-refractivity contribution < 1.29 is 18.0 Å². The van der Waals surface area contributed by atoms with Gasteiger partial charge in [0.15, 0.2) is 0 Å². The summed E-state index contributed by atoms with van der Waals surface area (Å²) in [5, 5.41) is 0. The lowest BCUT2D eigenvalue weighted by Crippen LogP contribution is -2.29. The third kappa shape index (κ3) is 3.45. The Morgan fingerprint density at radius 2 is 2.12 bits per heavy atom. The van der Waals surface area contributed by atoms with Crippen molar-refractivity contribution in [1.82, 2.24) is 0 Å². The van der Waals surface area contributed by atoms with Gasteiger partial charge in [0.25, 0.3) is 0 Å². The van der Waals surface area contributed by atoms with Crippen molar-refractivity contribution >= 4 is 6.29 Å². The Kier molecular flexibility index (Phi) is 4.54. The van der Waals surface area contributed by atoms with Crippen LogP contribution in [-0.4, -0.2) is 12.5 Å². The molecule has 0 radical (unpaired) electrons. The quantitative estimate of drug-likeness (QED) is 0.684. The van der Waals surface area contributed by atoms with E-state index in [0.717, 1.165) is 12.8 Å². The number of rotatable bonds is 4. The lowest BCUT2D eigenvalue weighted by Gasteiger charge is -2.29. The van der Waals surface area contributed by atoms with Crippen LogP contribution in [0.3, 0.4) is 0 Å². The van der Waals surface area contributed by atoms with E-state index in [2.05, 4.69) is 0 Å². The summed E-state index contributed by atoms with van der Waals surface area (Å²) in [6.07, 6.45) is 0.609. The lowest BCUT2D eigenvalue weighted by atomic mass is 9.79. The van der Waals surface area contributed by atoms with Gasteiger partial charge in [0.05, 0.1) is 5.92 Å². The molecule has 4 heteroatoms. The first-order chi connectivity index (χ1) is 7.90. The number of aldehydes is 1. The summed E-state index contributed by atoms with van der Waals surface area (Å²) in [5.74, 6) is -1.58. The first-order valence-corrected chi connectivity index (χ1v) is 5.82. The number of alkyl halides is 3. The van der Waals surface area contributed by atoms with E-state index in [9.17, 15) is 18.0 Å². The fourth-order valence-electron chi connectivity index (χ4n) is 2.24. The van der Waals surface area contributed by atoms with E-state index in [-0.39, 0.29) is 17.9 Å². The average Bonchev–Trinajstić information content (AvgIpc) is 2.27. The van der Waals surface area contributed by atoms with Crippen molar-refractivity contribution in [2.45, 2.75) is 39.3 Å². The molecule has 0 aromatic heterocycles. The minimum absolute atomic E-state index is 0.0870. The van der Waals surface area contributed by atoms with Crippen molar-refractivity contribution in [3.63, 3.8) is 0 Å². The molecule has 0 amide bonds. The molecular formula is C13H17F3O. The van der Waals surface area contributed by atoms with E-state index < -0.39 is 12.1 Å². The highest BCUT2D eigenvalue weighted by atomic mass is 19.4. The van der Waals surface area contributed by atoms with E-state index in [1.165, 1.54) is 12.2 Å². The van der Waals surface area contributed by atoms with Crippen molar-refractivity contribution in [3.8, 4) is 0 Å². The second-order valence-corrected chi connectivity index (χ2v) is 4.51. The predicted molar refractivity (Wildman–Crippen MR) is 60.5 cm³/mol. The molecule has 0 aromatic carbocycles. The topological polar surface area (TPSA) is 17.1 Å². The highest BCUT2D eigenvalue weighted by molar-refractivity contribution is 5.74. The molecule has 0 saturated carbocycles. The number of hydrogen-bond acceptors (Lipinski definition) is 1. The van der Waals surface area contributed by atoms with Gasteiger partial charge in [-0.15, -0.1) is 0 Å². The Bertz CT molecular complexity index is 339. The van der Waals surface area contributed by atoms with Crippen LogP contribution in [-0.2, 0) is 4.79 Å². The Hall–Kier alpha value is -1.06. The smallest absolute Gasteiger partial charge is 0.298 e.